The lowest BCUT2D eigenvalue weighted by atomic mass is 10.1. The van der Waals surface area contributed by atoms with Gasteiger partial charge in [0.05, 0.1) is 12.6 Å². The molecule has 0 spiro atoms. The highest BCUT2D eigenvalue weighted by Gasteiger charge is 2.09. The summed E-state index contributed by atoms with van der Waals surface area (Å²) in [4.78, 5) is 0. The van der Waals surface area contributed by atoms with Crippen LogP contribution in [0.1, 0.15) is 5.56 Å². The molecule has 3 heteroatoms. The molecule has 1 aromatic heterocycles. The van der Waals surface area contributed by atoms with E-state index in [0.717, 1.165) is 17.7 Å². The number of aryl methyl sites for hydroxylation is 1. The number of aromatic nitrogens is 1. The molecule has 0 amide bonds. The van der Waals surface area contributed by atoms with Crippen LogP contribution in [0.4, 0.5) is 0 Å². The van der Waals surface area contributed by atoms with Gasteiger partial charge >= 0.3 is 0 Å². The van der Waals surface area contributed by atoms with Gasteiger partial charge in [-0.1, -0.05) is 12.1 Å². The van der Waals surface area contributed by atoms with Crippen LogP contribution in [0, 0.1) is 0 Å². The van der Waals surface area contributed by atoms with Crippen molar-refractivity contribution in [2.75, 3.05) is 13.7 Å². The second-order valence-electron chi connectivity index (χ2n) is 3.66. The number of benzene rings is 1. The molecule has 0 saturated carbocycles. The van der Waals surface area contributed by atoms with Gasteiger partial charge in [0.15, 0.2) is 0 Å². The summed E-state index contributed by atoms with van der Waals surface area (Å²) in [6, 6.07) is 6.29. The number of hydrogen-bond acceptors (Lipinski definition) is 2. The molecule has 0 fully saturated rings. The lowest BCUT2D eigenvalue weighted by Crippen LogP contribution is -2.05. The zero-order valence-corrected chi connectivity index (χ0v) is 9.16. The highest BCUT2D eigenvalue weighted by Crippen LogP contribution is 2.30. The molecule has 80 valence electrons. The summed E-state index contributed by atoms with van der Waals surface area (Å²) in [7, 11) is 3.73. The Morgan fingerprint density at radius 2 is 2.13 bits per heavy atom. The third-order valence-electron chi connectivity index (χ3n) is 2.69. The first kappa shape index (κ1) is 10.1. The second kappa shape index (κ2) is 3.95. The number of nitrogens with two attached hydrogens (primary N) is 1. The summed E-state index contributed by atoms with van der Waals surface area (Å²) in [5, 5.41) is 1.20. The molecule has 0 unspecified atom stereocenters. The molecule has 1 heterocycles. The van der Waals surface area contributed by atoms with Gasteiger partial charge in [0, 0.05) is 18.6 Å². The summed E-state index contributed by atoms with van der Waals surface area (Å²) in [5.74, 6) is 0.949. The Bertz CT molecular complexity index is 474. The fourth-order valence-corrected chi connectivity index (χ4v) is 1.97. The molecular formula is C12H16N2O. The zero-order chi connectivity index (χ0) is 10.8. The van der Waals surface area contributed by atoms with Gasteiger partial charge in [-0.15, -0.1) is 0 Å². The monoisotopic (exact) mass is 204 g/mol. The third-order valence-corrected chi connectivity index (χ3v) is 2.69. The van der Waals surface area contributed by atoms with E-state index in [1.807, 2.05) is 13.2 Å². The number of hydrogen-bond donors (Lipinski definition) is 1. The summed E-state index contributed by atoms with van der Waals surface area (Å²) in [5.41, 5.74) is 7.90. The number of ether oxygens (including phenoxy) is 1. The van der Waals surface area contributed by atoms with Crippen molar-refractivity contribution in [3.05, 3.63) is 30.0 Å². The summed E-state index contributed by atoms with van der Waals surface area (Å²) in [6.45, 7) is 0.645. The summed E-state index contributed by atoms with van der Waals surface area (Å²) >= 11 is 0. The molecule has 2 N–H and O–H groups in total. The van der Waals surface area contributed by atoms with E-state index in [-0.39, 0.29) is 0 Å². The van der Waals surface area contributed by atoms with Gasteiger partial charge in [-0.2, -0.15) is 0 Å². The number of nitrogens with zero attached hydrogens (tertiary/aromatic N) is 1. The Labute approximate surface area is 89.4 Å². The minimum atomic E-state index is 0.645. The van der Waals surface area contributed by atoms with E-state index in [4.69, 9.17) is 10.5 Å². The van der Waals surface area contributed by atoms with Crippen LogP contribution in [-0.2, 0) is 13.5 Å². The molecule has 0 aliphatic rings. The molecule has 15 heavy (non-hydrogen) atoms. The minimum absolute atomic E-state index is 0.645. The van der Waals surface area contributed by atoms with Crippen LogP contribution in [0.5, 0.6) is 5.75 Å². The van der Waals surface area contributed by atoms with Crippen LogP contribution in [0.2, 0.25) is 0 Å². The van der Waals surface area contributed by atoms with Crippen LogP contribution in [0.25, 0.3) is 10.9 Å². The fraction of sp³-hybridized carbons (Fsp3) is 0.333. The lowest BCUT2D eigenvalue weighted by molar-refractivity contribution is 0.413. The molecule has 2 rings (SSSR count). The van der Waals surface area contributed by atoms with Crippen molar-refractivity contribution in [1.82, 2.24) is 4.57 Å². The Kier molecular flexibility index (Phi) is 2.64. The van der Waals surface area contributed by atoms with Gasteiger partial charge in [0.2, 0.25) is 0 Å². The quantitative estimate of drug-likeness (QED) is 0.826. The predicted octanol–water partition coefficient (Wildman–Crippen LogP) is 1.69. The maximum atomic E-state index is 5.58. The first-order valence-electron chi connectivity index (χ1n) is 5.09. The van der Waals surface area contributed by atoms with Crippen molar-refractivity contribution in [3.8, 4) is 5.75 Å². The number of rotatable bonds is 3. The van der Waals surface area contributed by atoms with E-state index in [9.17, 15) is 0 Å². The van der Waals surface area contributed by atoms with Crippen molar-refractivity contribution >= 4 is 10.9 Å². The maximum absolute atomic E-state index is 5.58. The molecular weight excluding hydrogens is 188 g/mol. The molecule has 3 nitrogen and oxygen atoms in total. The van der Waals surface area contributed by atoms with Gasteiger partial charge in [-0.05, 0) is 24.6 Å². The minimum Gasteiger partial charge on any atom is -0.494 e. The molecule has 0 atom stereocenters. The van der Waals surface area contributed by atoms with E-state index in [1.54, 1.807) is 7.11 Å². The first-order chi connectivity index (χ1) is 7.27. The van der Waals surface area contributed by atoms with E-state index < -0.39 is 0 Å². The van der Waals surface area contributed by atoms with Crippen LogP contribution in [-0.4, -0.2) is 18.2 Å². The summed E-state index contributed by atoms with van der Waals surface area (Å²) < 4.78 is 7.55. The average molecular weight is 204 g/mol. The maximum Gasteiger partial charge on any atom is 0.146 e. The van der Waals surface area contributed by atoms with E-state index in [0.29, 0.717) is 6.54 Å². The highest BCUT2D eigenvalue weighted by atomic mass is 16.5. The third kappa shape index (κ3) is 1.59. The molecule has 0 aliphatic carbocycles. The van der Waals surface area contributed by atoms with Crippen molar-refractivity contribution in [2.45, 2.75) is 6.42 Å². The van der Waals surface area contributed by atoms with Gasteiger partial charge in [-0.3, -0.25) is 0 Å². The van der Waals surface area contributed by atoms with Gasteiger partial charge in [-0.25, -0.2) is 0 Å². The van der Waals surface area contributed by atoms with Gasteiger partial charge in [0.25, 0.3) is 0 Å². The molecule has 0 bridgehead atoms. The zero-order valence-electron chi connectivity index (χ0n) is 9.16. The van der Waals surface area contributed by atoms with Crippen LogP contribution in [0.15, 0.2) is 24.4 Å². The average Bonchev–Trinajstić information content (AvgIpc) is 2.61. The second-order valence-corrected chi connectivity index (χ2v) is 3.66. The Morgan fingerprint density at radius 3 is 2.80 bits per heavy atom. The van der Waals surface area contributed by atoms with Crippen molar-refractivity contribution in [1.29, 1.82) is 0 Å². The van der Waals surface area contributed by atoms with E-state index in [1.165, 1.54) is 10.9 Å². The predicted molar refractivity (Wildman–Crippen MR) is 62.2 cm³/mol. The number of fused-ring (bicyclic) bond motifs is 1. The largest absolute Gasteiger partial charge is 0.494 e. The highest BCUT2D eigenvalue weighted by molar-refractivity contribution is 5.87. The molecule has 0 aliphatic heterocycles. The Balaban J connectivity index is 2.68. The van der Waals surface area contributed by atoms with Crippen molar-refractivity contribution in [2.24, 2.45) is 12.8 Å². The first-order valence-corrected chi connectivity index (χ1v) is 5.09. The molecule has 1 aromatic carbocycles. The van der Waals surface area contributed by atoms with Crippen LogP contribution in [0.3, 0.4) is 0 Å². The Hall–Kier alpha value is -1.48. The molecule has 0 saturated heterocycles. The Morgan fingerprint density at radius 1 is 1.33 bits per heavy atom. The van der Waals surface area contributed by atoms with Crippen LogP contribution < -0.4 is 10.5 Å². The van der Waals surface area contributed by atoms with Gasteiger partial charge < -0.3 is 15.0 Å². The normalized spacial score (nSPS) is 10.9. The SMILES string of the molecule is COc1c(CCN)ccc2ccn(C)c12. The molecule has 0 radical (unpaired) electrons. The number of methoxy groups -OCH3 is 1. The van der Waals surface area contributed by atoms with E-state index in [2.05, 4.69) is 22.8 Å². The van der Waals surface area contributed by atoms with Crippen LogP contribution >= 0.6 is 0 Å². The van der Waals surface area contributed by atoms with Crippen molar-refractivity contribution < 1.29 is 4.74 Å². The summed E-state index contributed by atoms with van der Waals surface area (Å²) in [6.07, 6.45) is 2.89. The van der Waals surface area contributed by atoms with E-state index >= 15 is 0 Å². The molecule has 2 aromatic rings. The van der Waals surface area contributed by atoms with Gasteiger partial charge in [0.1, 0.15) is 5.75 Å². The fourth-order valence-electron chi connectivity index (χ4n) is 1.97. The topological polar surface area (TPSA) is 40.2 Å². The van der Waals surface area contributed by atoms with Crippen molar-refractivity contribution in [3.63, 3.8) is 0 Å². The standard InChI is InChI=1S/C12H16N2O/c1-14-8-6-9-3-4-10(5-7-13)12(15-2)11(9)14/h3-4,6,8H,5,7,13H2,1-2H3. The lowest BCUT2D eigenvalue weighted by Gasteiger charge is -2.10. The smallest absolute Gasteiger partial charge is 0.146 e.